The molecule has 208 valence electrons. The Hall–Kier alpha value is -5.11. The molecule has 2 amide bonds. The molecule has 4 aromatic rings. The topological polar surface area (TPSA) is 89.5 Å². The number of hydrogen-bond acceptors (Lipinski definition) is 6. The molecule has 0 unspecified atom stereocenters. The standard InChI is InChI=1S/C33H31N3O5/c1-36(33(38)23-13-15-26(16-14-23)35-32(37)28-10-6-7-11-29(28)39-2)34-21-22-12-17-30(40-3)31(18-22)41-27-19-24-8-4-5-9-25(24)20-27/h4-18,21,27H,19-20H2,1-3H3,(H,35,37). The zero-order chi connectivity index (χ0) is 28.8. The molecular formula is C33H31N3O5. The van der Waals surface area contributed by atoms with E-state index < -0.39 is 0 Å². The Morgan fingerprint density at radius 3 is 2.17 bits per heavy atom. The maximum absolute atomic E-state index is 13.0. The van der Waals surface area contributed by atoms with E-state index in [2.05, 4.69) is 22.6 Å². The summed E-state index contributed by atoms with van der Waals surface area (Å²) < 4.78 is 17.1. The molecule has 4 aromatic carbocycles. The summed E-state index contributed by atoms with van der Waals surface area (Å²) in [5, 5.41) is 8.43. The Labute approximate surface area is 239 Å². The lowest BCUT2D eigenvalue weighted by atomic mass is 10.1. The van der Waals surface area contributed by atoms with Crippen LogP contribution in [0.5, 0.6) is 17.2 Å². The van der Waals surface area contributed by atoms with Gasteiger partial charge in [-0.2, -0.15) is 5.10 Å². The third-order valence-electron chi connectivity index (χ3n) is 6.91. The highest BCUT2D eigenvalue weighted by Gasteiger charge is 2.23. The Morgan fingerprint density at radius 2 is 1.49 bits per heavy atom. The van der Waals surface area contributed by atoms with Crippen LogP contribution < -0.4 is 19.5 Å². The van der Waals surface area contributed by atoms with Crippen LogP contribution in [0.25, 0.3) is 0 Å². The lowest BCUT2D eigenvalue weighted by Crippen LogP contribution is -2.21. The van der Waals surface area contributed by atoms with Gasteiger partial charge in [-0.1, -0.05) is 36.4 Å². The third kappa shape index (κ3) is 6.38. The summed E-state index contributed by atoms with van der Waals surface area (Å²) in [6, 6.07) is 27.5. The SMILES string of the molecule is COc1ccc(C=NN(C)C(=O)c2ccc(NC(=O)c3ccccc3OC)cc2)cc1OC1Cc2ccccc2C1. The third-order valence-corrected chi connectivity index (χ3v) is 6.91. The molecule has 8 heteroatoms. The van der Waals surface area contributed by atoms with Gasteiger partial charge in [-0.3, -0.25) is 9.59 Å². The Balaban J connectivity index is 1.21. The number of carbonyl (C=O) groups is 2. The molecular weight excluding hydrogens is 518 g/mol. The molecule has 0 radical (unpaired) electrons. The average molecular weight is 550 g/mol. The smallest absolute Gasteiger partial charge is 0.273 e. The van der Waals surface area contributed by atoms with Crippen molar-refractivity contribution >= 4 is 23.7 Å². The Kier molecular flexibility index (Phi) is 8.29. The first kappa shape index (κ1) is 27.5. The van der Waals surface area contributed by atoms with Gasteiger partial charge in [0.15, 0.2) is 11.5 Å². The maximum atomic E-state index is 13.0. The quantitative estimate of drug-likeness (QED) is 0.217. The summed E-state index contributed by atoms with van der Waals surface area (Å²) in [5.41, 5.74) is 4.79. The molecule has 8 nitrogen and oxygen atoms in total. The summed E-state index contributed by atoms with van der Waals surface area (Å²) in [5.74, 6) is 1.16. The number of fused-ring (bicyclic) bond motifs is 1. The number of hydrazone groups is 1. The second-order valence-corrected chi connectivity index (χ2v) is 9.63. The van der Waals surface area contributed by atoms with Gasteiger partial charge in [-0.15, -0.1) is 0 Å². The van der Waals surface area contributed by atoms with Crippen LogP contribution in [0.2, 0.25) is 0 Å². The molecule has 0 heterocycles. The fraction of sp³-hybridized carbons (Fsp3) is 0.182. The van der Waals surface area contributed by atoms with Gasteiger partial charge >= 0.3 is 0 Å². The fourth-order valence-electron chi connectivity index (χ4n) is 4.77. The molecule has 0 saturated carbocycles. The van der Waals surface area contributed by atoms with Crippen LogP contribution in [-0.2, 0) is 12.8 Å². The molecule has 1 N–H and O–H groups in total. The number of ether oxygens (including phenoxy) is 3. The predicted octanol–water partition coefficient (Wildman–Crippen LogP) is 5.61. The van der Waals surface area contributed by atoms with Gasteiger partial charge in [0.05, 0.1) is 26.0 Å². The molecule has 0 fully saturated rings. The average Bonchev–Trinajstić information content (AvgIpc) is 3.42. The second kappa shape index (κ2) is 12.4. The largest absolute Gasteiger partial charge is 0.496 e. The first-order valence-corrected chi connectivity index (χ1v) is 13.2. The first-order valence-electron chi connectivity index (χ1n) is 13.2. The minimum Gasteiger partial charge on any atom is -0.496 e. The van der Waals surface area contributed by atoms with Gasteiger partial charge in [0, 0.05) is 31.1 Å². The zero-order valence-electron chi connectivity index (χ0n) is 23.2. The highest BCUT2D eigenvalue weighted by molar-refractivity contribution is 6.06. The van der Waals surface area contributed by atoms with Crippen LogP contribution in [0.15, 0.2) is 96.1 Å². The van der Waals surface area contributed by atoms with Gasteiger partial charge in [0.1, 0.15) is 11.9 Å². The number of methoxy groups -OCH3 is 2. The summed E-state index contributed by atoms with van der Waals surface area (Å²) in [7, 11) is 4.72. The van der Waals surface area contributed by atoms with E-state index in [0.717, 1.165) is 18.4 Å². The van der Waals surface area contributed by atoms with Crippen LogP contribution >= 0.6 is 0 Å². The van der Waals surface area contributed by atoms with Crippen molar-refractivity contribution in [3.63, 3.8) is 0 Å². The number of amides is 2. The summed E-state index contributed by atoms with van der Waals surface area (Å²) in [6.45, 7) is 0. The lowest BCUT2D eigenvalue weighted by molar-refractivity contribution is 0.0800. The van der Waals surface area contributed by atoms with E-state index in [9.17, 15) is 9.59 Å². The van der Waals surface area contributed by atoms with Crippen molar-refractivity contribution in [3.8, 4) is 17.2 Å². The van der Waals surface area contributed by atoms with Crippen molar-refractivity contribution < 1.29 is 23.8 Å². The fourth-order valence-corrected chi connectivity index (χ4v) is 4.77. The van der Waals surface area contributed by atoms with Crippen molar-refractivity contribution in [2.24, 2.45) is 5.10 Å². The minimum absolute atomic E-state index is 0.0280. The van der Waals surface area contributed by atoms with Gasteiger partial charge in [0.25, 0.3) is 11.8 Å². The van der Waals surface area contributed by atoms with Crippen molar-refractivity contribution in [2.75, 3.05) is 26.6 Å². The Bertz CT molecular complexity index is 1560. The van der Waals surface area contributed by atoms with Crippen molar-refractivity contribution in [1.29, 1.82) is 0 Å². The van der Waals surface area contributed by atoms with E-state index in [0.29, 0.717) is 34.1 Å². The van der Waals surface area contributed by atoms with E-state index in [1.807, 2.05) is 30.3 Å². The van der Waals surface area contributed by atoms with Crippen molar-refractivity contribution in [1.82, 2.24) is 5.01 Å². The number of hydrogen-bond donors (Lipinski definition) is 1. The summed E-state index contributed by atoms with van der Waals surface area (Å²) >= 11 is 0. The molecule has 41 heavy (non-hydrogen) atoms. The minimum atomic E-state index is -0.302. The van der Waals surface area contributed by atoms with Gasteiger partial charge in [-0.05, 0) is 71.3 Å². The number of benzene rings is 4. The van der Waals surface area contributed by atoms with Crippen LogP contribution in [-0.4, -0.2) is 50.4 Å². The van der Waals surface area contributed by atoms with Crippen molar-refractivity contribution in [3.05, 3.63) is 119 Å². The molecule has 0 bridgehead atoms. The number of para-hydroxylation sites is 1. The molecule has 0 spiro atoms. The normalized spacial score (nSPS) is 12.6. The van der Waals surface area contributed by atoms with E-state index in [4.69, 9.17) is 14.2 Å². The zero-order valence-corrected chi connectivity index (χ0v) is 23.2. The highest BCUT2D eigenvalue weighted by atomic mass is 16.5. The Morgan fingerprint density at radius 1 is 0.829 bits per heavy atom. The number of anilines is 1. The summed E-state index contributed by atoms with van der Waals surface area (Å²) in [6.07, 6.45) is 3.32. The molecule has 1 aliphatic carbocycles. The number of nitrogens with one attached hydrogen (secondary N) is 1. The monoisotopic (exact) mass is 549 g/mol. The van der Waals surface area contributed by atoms with Crippen molar-refractivity contribution in [2.45, 2.75) is 18.9 Å². The molecule has 5 rings (SSSR count). The molecule has 0 aliphatic heterocycles. The molecule has 0 aromatic heterocycles. The lowest BCUT2D eigenvalue weighted by Gasteiger charge is -2.16. The number of rotatable bonds is 9. The van der Waals surface area contributed by atoms with E-state index in [1.54, 1.807) is 68.9 Å². The first-order chi connectivity index (χ1) is 19.9. The highest BCUT2D eigenvalue weighted by Crippen LogP contribution is 2.32. The van der Waals surface area contributed by atoms with Gasteiger partial charge in [0.2, 0.25) is 0 Å². The van der Waals surface area contributed by atoms with Gasteiger partial charge < -0.3 is 19.5 Å². The van der Waals surface area contributed by atoms with Crippen LogP contribution in [0, 0.1) is 0 Å². The van der Waals surface area contributed by atoms with Crippen LogP contribution in [0.4, 0.5) is 5.69 Å². The molecule has 0 saturated heterocycles. The van der Waals surface area contributed by atoms with E-state index in [-0.39, 0.29) is 17.9 Å². The van der Waals surface area contributed by atoms with Crippen LogP contribution in [0.1, 0.15) is 37.4 Å². The van der Waals surface area contributed by atoms with Gasteiger partial charge in [-0.25, -0.2) is 5.01 Å². The maximum Gasteiger partial charge on any atom is 0.273 e. The van der Waals surface area contributed by atoms with Crippen LogP contribution in [0.3, 0.4) is 0 Å². The molecule has 0 atom stereocenters. The number of nitrogens with zero attached hydrogens (tertiary/aromatic N) is 2. The summed E-state index contributed by atoms with van der Waals surface area (Å²) in [4.78, 5) is 25.6. The number of carbonyl (C=O) groups excluding carboxylic acids is 2. The molecule has 1 aliphatic rings. The second-order valence-electron chi connectivity index (χ2n) is 9.63. The van der Waals surface area contributed by atoms with E-state index in [1.165, 1.54) is 23.2 Å². The van der Waals surface area contributed by atoms with E-state index >= 15 is 0 Å². The predicted molar refractivity (Wildman–Crippen MR) is 158 cm³/mol.